The number of hydrogen-bond donors (Lipinski definition) is 1. The predicted octanol–water partition coefficient (Wildman–Crippen LogP) is 3.16. The molecule has 0 amide bonds. The SMILES string of the molecule is CCCCCCN(C)Cc1ccc(CN)cc1. The summed E-state index contributed by atoms with van der Waals surface area (Å²) < 4.78 is 0. The van der Waals surface area contributed by atoms with Crippen LogP contribution in [0.5, 0.6) is 0 Å². The van der Waals surface area contributed by atoms with Crippen LogP contribution in [0.15, 0.2) is 24.3 Å². The Morgan fingerprint density at radius 3 is 2.24 bits per heavy atom. The second-order valence-corrected chi connectivity index (χ2v) is 4.82. The monoisotopic (exact) mass is 234 g/mol. The number of hydrogen-bond acceptors (Lipinski definition) is 2. The van der Waals surface area contributed by atoms with E-state index >= 15 is 0 Å². The van der Waals surface area contributed by atoms with Crippen molar-refractivity contribution in [3.05, 3.63) is 35.4 Å². The first-order valence-electron chi connectivity index (χ1n) is 6.72. The zero-order valence-corrected chi connectivity index (χ0v) is 11.3. The molecule has 1 rings (SSSR count). The highest BCUT2D eigenvalue weighted by Gasteiger charge is 2.00. The molecule has 0 fully saturated rings. The van der Waals surface area contributed by atoms with Crippen LogP contribution in [0.4, 0.5) is 0 Å². The first-order chi connectivity index (χ1) is 8.26. The molecule has 0 aromatic heterocycles. The third-order valence-electron chi connectivity index (χ3n) is 3.10. The van der Waals surface area contributed by atoms with Gasteiger partial charge in [0.2, 0.25) is 0 Å². The van der Waals surface area contributed by atoms with E-state index in [1.165, 1.54) is 43.4 Å². The molecule has 17 heavy (non-hydrogen) atoms. The zero-order chi connectivity index (χ0) is 12.5. The highest BCUT2D eigenvalue weighted by Crippen LogP contribution is 2.07. The molecule has 2 N–H and O–H groups in total. The predicted molar refractivity (Wildman–Crippen MR) is 74.8 cm³/mol. The maximum absolute atomic E-state index is 5.58. The first kappa shape index (κ1) is 14.2. The van der Waals surface area contributed by atoms with Gasteiger partial charge >= 0.3 is 0 Å². The van der Waals surface area contributed by atoms with Crippen LogP contribution in [0.2, 0.25) is 0 Å². The van der Waals surface area contributed by atoms with Crippen LogP contribution in [0, 0.1) is 0 Å². The van der Waals surface area contributed by atoms with Crippen molar-refractivity contribution in [2.24, 2.45) is 5.73 Å². The molecule has 0 heterocycles. The van der Waals surface area contributed by atoms with Crippen LogP contribution < -0.4 is 5.73 Å². The van der Waals surface area contributed by atoms with E-state index in [1.54, 1.807) is 0 Å². The molecule has 0 aliphatic heterocycles. The summed E-state index contributed by atoms with van der Waals surface area (Å²) >= 11 is 0. The van der Waals surface area contributed by atoms with E-state index in [0.29, 0.717) is 6.54 Å². The van der Waals surface area contributed by atoms with Gasteiger partial charge in [0.15, 0.2) is 0 Å². The van der Waals surface area contributed by atoms with Crippen LogP contribution in [-0.2, 0) is 13.1 Å². The lowest BCUT2D eigenvalue weighted by Crippen LogP contribution is -2.19. The van der Waals surface area contributed by atoms with E-state index in [4.69, 9.17) is 5.73 Å². The van der Waals surface area contributed by atoms with Gasteiger partial charge in [-0.25, -0.2) is 0 Å². The van der Waals surface area contributed by atoms with E-state index in [-0.39, 0.29) is 0 Å². The molecule has 1 aromatic rings. The van der Waals surface area contributed by atoms with Gasteiger partial charge in [0, 0.05) is 13.1 Å². The summed E-state index contributed by atoms with van der Waals surface area (Å²) in [5.41, 5.74) is 8.17. The van der Waals surface area contributed by atoms with Gasteiger partial charge in [0.05, 0.1) is 0 Å². The molecular formula is C15H26N2. The minimum absolute atomic E-state index is 0.632. The highest BCUT2D eigenvalue weighted by atomic mass is 15.1. The second-order valence-electron chi connectivity index (χ2n) is 4.82. The lowest BCUT2D eigenvalue weighted by atomic mass is 10.1. The Balaban J connectivity index is 2.26. The summed E-state index contributed by atoms with van der Waals surface area (Å²) in [6, 6.07) is 8.62. The van der Waals surface area contributed by atoms with Crippen molar-refractivity contribution in [2.75, 3.05) is 13.6 Å². The van der Waals surface area contributed by atoms with Gasteiger partial charge in [0.1, 0.15) is 0 Å². The molecule has 0 unspecified atom stereocenters. The fourth-order valence-electron chi connectivity index (χ4n) is 1.98. The van der Waals surface area contributed by atoms with Crippen LogP contribution in [-0.4, -0.2) is 18.5 Å². The number of nitrogens with two attached hydrogens (primary N) is 1. The van der Waals surface area contributed by atoms with Crippen LogP contribution in [0.25, 0.3) is 0 Å². The normalized spacial score (nSPS) is 11.1. The molecule has 96 valence electrons. The van der Waals surface area contributed by atoms with Crippen molar-refractivity contribution in [3.63, 3.8) is 0 Å². The van der Waals surface area contributed by atoms with Crippen molar-refractivity contribution in [1.29, 1.82) is 0 Å². The quantitative estimate of drug-likeness (QED) is 0.700. The van der Waals surface area contributed by atoms with Crippen molar-refractivity contribution < 1.29 is 0 Å². The smallest absolute Gasteiger partial charge is 0.0230 e. The largest absolute Gasteiger partial charge is 0.326 e. The molecular weight excluding hydrogens is 208 g/mol. The van der Waals surface area contributed by atoms with Crippen molar-refractivity contribution in [1.82, 2.24) is 4.90 Å². The Bertz CT molecular complexity index is 292. The maximum Gasteiger partial charge on any atom is 0.0230 e. The Hall–Kier alpha value is -0.860. The third-order valence-corrected chi connectivity index (χ3v) is 3.10. The number of nitrogens with zero attached hydrogens (tertiary/aromatic N) is 1. The molecule has 2 heteroatoms. The molecule has 0 atom stereocenters. The van der Waals surface area contributed by atoms with Crippen molar-refractivity contribution in [2.45, 2.75) is 45.7 Å². The average Bonchev–Trinajstić information content (AvgIpc) is 2.36. The van der Waals surface area contributed by atoms with E-state index < -0.39 is 0 Å². The molecule has 0 radical (unpaired) electrons. The van der Waals surface area contributed by atoms with Gasteiger partial charge in [-0.15, -0.1) is 0 Å². The zero-order valence-electron chi connectivity index (χ0n) is 11.3. The van der Waals surface area contributed by atoms with Crippen LogP contribution in [0.3, 0.4) is 0 Å². The molecule has 0 saturated carbocycles. The number of unbranched alkanes of at least 4 members (excludes halogenated alkanes) is 3. The van der Waals surface area contributed by atoms with E-state index in [0.717, 1.165) is 6.54 Å². The molecule has 0 aliphatic carbocycles. The lowest BCUT2D eigenvalue weighted by molar-refractivity contribution is 0.317. The summed E-state index contributed by atoms with van der Waals surface area (Å²) in [4.78, 5) is 2.40. The Morgan fingerprint density at radius 1 is 1.00 bits per heavy atom. The van der Waals surface area contributed by atoms with Gasteiger partial charge < -0.3 is 10.6 Å². The van der Waals surface area contributed by atoms with E-state index in [9.17, 15) is 0 Å². The fourth-order valence-corrected chi connectivity index (χ4v) is 1.98. The standard InChI is InChI=1S/C15H26N2/c1-3-4-5-6-11-17(2)13-15-9-7-14(12-16)8-10-15/h7-10H,3-6,11-13,16H2,1-2H3. The van der Waals surface area contributed by atoms with Gasteiger partial charge in [-0.3, -0.25) is 0 Å². The van der Waals surface area contributed by atoms with Crippen molar-refractivity contribution >= 4 is 0 Å². The minimum Gasteiger partial charge on any atom is -0.326 e. The summed E-state index contributed by atoms with van der Waals surface area (Å²) in [6.07, 6.45) is 5.33. The first-order valence-corrected chi connectivity index (χ1v) is 6.72. The van der Waals surface area contributed by atoms with Gasteiger partial charge in [-0.05, 0) is 31.1 Å². The molecule has 1 aromatic carbocycles. The Morgan fingerprint density at radius 2 is 1.65 bits per heavy atom. The second kappa shape index (κ2) is 8.26. The Labute approximate surface area is 106 Å². The number of rotatable bonds is 8. The average molecular weight is 234 g/mol. The van der Waals surface area contributed by atoms with Crippen molar-refractivity contribution in [3.8, 4) is 0 Å². The van der Waals surface area contributed by atoms with E-state index in [2.05, 4.69) is 43.1 Å². The fraction of sp³-hybridized carbons (Fsp3) is 0.600. The molecule has 2 nitrogen and oxygen atoms in total. The summed E-state index contributed by atoms with van der Waals surface area (Å²) in [7, 11) is 2.20. The Kier molecular flexibility index (Phi) is 6.90. The third kappa shape index (κ3) is 5.85. The summed E-state index contributed by atoms with van der Waals surface area (Å²) in [5.74, 6) is 0. The highest BCUT2D eigenvalue weighted by molar-refractivity contribution is 5.22. The summed E-state index contributed by atoms with van der Waals surface area (Å²) in [5, 5.41) is 0. The van der Waals surface area contributed by atoms with Crippen LogP contribution >= 0.6 is 0 Å². The molecule has 0 spiro atoms. The molecule has 0 bridgehead atoms. The van der Waals surface area contributed by atoms with Gasteiger partial charge in [-0.2, -0.15) is 0 Å². The molecule has 0 saturated heterocycles. The molecule has 0 aliphatic rings. The number of benzene rings is 1. The lowest BCUT2D eigenvalue weighted by Gasteiger charge is -2.16. The topological polar surface area (TPSA) is 29.3 Å². The maximum atomic E-state index is 5.58. The summed E-state index contributed by atoms with van der Waals surface area (Å²) in [6.45, 7) is 5.12. The van der Waals surface area contributed by atoms with Gasteiger partial charge in [-0.1, -0.05) is 50.5 Å². The minimum atomic E-state index is 0.632. The van der Waals surface area contributed by atoms with Crippen LogP contribution in [0.1, 0.15) is 43.7 Å². The van der Waals surface area contributed by atoms with Gasteiger partial charge in [0.25, 0.3) is 0 Å². The van der Waals surface area contributed by atoms with E-state index in [1.807, 2.05) is 0 Å².